The van der Waals surface area contributed by atoms with Crippen LogP contribution >= 0.6 is 0 Å². The van der Waals surface area contributed by atoms with Gasteiger partial charge in [-0.05, 0) is 30.9 Å². The minimum absolute atomic E-state index is 0.656. The van der Waals surface area contributed by atoms with Gasteiger partial charge in [-0.2, -0.15) is 0 Å². The molecule has 1 fully saturated rings. The van der Waals surface area contributed by atoms with E-state index in [0.29, 0.717) is 5.92 Å². The van der Waals surface area contributed by atoms with E-state index in [-0.39, 0.29) is 0 Å². The highest BCUT2D eigenvalue weighted by molar-refractivity contribution is 5.75. The van der Waals surface area contributed by atoms with Crippen molar-refractivity contribution in [2.45, 2.75) is 19.4 Å². The molecule has 1 aromatic heterocycles. The summed E-state index contributed by atoms with van der Waals surface area (Å²) in [5, 5.41) is 3.51. The highest BCUT2D eigenvalue weighted by Crippen LogP contribution is 2.15. The van der Waals surface area contributed by atoms with Crippen molar-refractivity contribution in [1.82, 2.24) is 14.9 Å². The Labute approximate surface area is 113 Å². The lowest BCUT2D eigenvalue weighted by atomic mass is 10.0. The molecule has 4 nitrogen and oxygen atoms in total. The van der Waals surface area contributed by atoms with E-state index < -0.39 is 0 Å². The quantitative estimate of drug-likeness (QED) is 0.914. The van der Waals surface area contributed by atoms with E-state index in [0.717, 1.165) is 37.6 Å². The van der Waals surface area contributed by atoms with Gasteiger partial charge in [0.25, 0.3) is 0 Å². The smallest absolute Gasteiger partial charge is 0.123 e. The summed E-state index contributed by atoms with van der Waals surface area (Å²) < 4.78 is 7.66. The molecule has 0 saturated carbocycles. The molecule has 4 heteroatoms. The van der Waals surface area contributed by atoms with Crippen molar-refractivity contribution in [3.63, 3.8) is 0 Å². The number of aromatic nitrogens is 2. The monoisotopic (exact) mass is 259 g/mol. The predicted octanol–water partition coefficient (Wildman–Crippen LogP) is 2.09. The molecule has 0 unspecified atom stereocenters. The Bertz CT molecular complexity index is 543. The largest absolute Gasteiger partial charge is 0.381 e. The molecular formula is C15H21N3O. The number of imidazole rings is 1. The normalized spacial score (nSPS) is 19.9. The van der Waals surface area contributed by atoms with Gasteiger partial charge in [0.2, 0.25) is 0 Å². The van der Waals surface area contributed by atoms with Crippen molar-refractivity contribution in [3.05, 3.63) is 30.1 Å². The maximum absolute atomic E-state index is 5.50. The number of fused-ring (bicyclic) bond motifs is 1. The van der Waals surface area contributed by atoms with E-state index in [2.05, 4.69) is 40.1 Å². The number of rotatable bonds is 4. The average molecular weight is 259 g/mol. The molecule has 1 aliphatic heterocycles. The second kappa shape index (κ2) is 5.72. The Morgan fingerprint density at radius 1 is 1.42 bits per heavy atom. The van der Waals surface area contributed by atoms with Crippen molar-refractivity contribution >= 4 is 11.0 Å². The molecule has 1 aromatic carbocycles. The van der Waals surface area contributed by atoms with Crippen LogP contribution in [0.15, 0.2) is 24.3 Å². The van der Waals surface area contributed by atoms with Crippen molar-refractivity contribution in [1.29, 1.82) is 0 Å². The summed E-state index contributed by atoms with van der Waals surface area (Å²) in [5.74, 6) is 1.75. The van der Waals surface area contributed by atoms with Crippen LogP contribution in [-0.2, 0) is 18.3 Å². The van der Waals surface area contributed by atoms with Crippen molar-refractivity contribution in [2.24, 2.45) is 13.0 Å². The van der Waals surface area contributed by atoms with E-state index in [1.54, 1.807) is 0 Å². The van der Waals surface area contributed by atoms with Crippen molar-refractivity contribution in [3.8, 4) is 0 Å². The summed E-state index contributed by atoms with van der Waals surface area (Å²) in [6.07, 6.45) is 2.47. The average Bonchev–Trinajstić information content (AvgIpc) is 2.78. The SMILES string of the molecule is Cn1c(CNC[C@@H]2CCCOC2)nc2ccccc21. The van der Waals surface area contributed by atoms with Gasteiger partial charge in [0.15, 0.2) is 0 Å². The molecule has 0 bridgehead atoms. The van der Waals surface area contributed by atoms with E-state index >= 15 is 0 Å². The zero-order valence-corrected chi connectivity index (χ0v) is 11.4. The fraction of sp³-hybridized carbons (Fsp3) is 0.533. The van der Waals surface area contributed by atoms with Gasteiger partial charge in [0.05, 0.1) is 24.2 Å². The van der Waals surface area contributed by atoms with Gasteiger partial charge in [-0.15, -0.1) is 0 Å². The first-order valence-corrected chi connectivity index (χ1v) is 7.03. The summed E-state index contributed by atoms with van der Waals surface area (Å²) in [5.41, 5.74) is 2.27. The van der Waals surface area contributed by atoms with Crippen molar-refractivity contribution in [2.75, 3.05) is 19.8 Å². The molecule has 0 aliphatic carbocycles. The number of benzene rings is 1. The summed E-state index contributed by atoms with van der Waals surface area (Å²) in [7, 11) is 2.08. The molecule has 0 spiro atoms. The van der Waals surface area contributed by atoms with Gasteiger partial charge in [-0.1, -0.05) is 12.1 Å². The highest BCUT2D eigenvalue weighted by atomic mass is 16.5. The third-order valence-electron chi connectivity index (χ3n) is 3.85. The zero-order valence-electron chi connectivity index (χ0n) is 11.4. The van der Waals surface area contributed by atoms with Crippen LogP contribution in [0.1, 0.15) is 18.7 Å². The van der Waals surface area contributed by atoms with Crippen LogP contribution < -0.4 is 5.32 Å². The third-order valence-corrected chi connectivity index (χ3v) is 3.85. The number of hydrogen-bond acceptors (Lipinski definition) is 3. The minimum atomic E-state index is 0.656. The summed E-state index contributed by atoms with van der Waals surface area (Å²) in [6.45, 7) is 3.67. The molecule has 102 valence electrons. The predicted molar refractivity (Wildman–Crippen MR) is 76.0 cm³/mol. The summed E-state index contributed by atoms with van der Waals surface area (Å²) >= 11 is 0. The highest BCUT2D eigenvalue weighted by Gasteiger charge is 2.14. The molecule has 2 aromatic rings. The second-order valence-corrected chi connectivity index (χ2v) is 5.29. The Morgan fingerprint density at radius 3 is 3.11 bits per heavy atom. The molecule has 19 heavy (non-hydrogen) atoms. The second-order valence-electron chi connectivity index (χ2n) is 5.29. The number of nitrogens with zero attached hydrogens (tertiary/aromatic N) is 2. The van der Waals surface area contributed by atoms with Gasteiger partial charge in [0, 0.05) is 20.2 Å². The molecule has 1 atom stereocenters. The first-order valence-electron chi connectivity index (χ1n) is 7.03. The lowest BCUT2D eigenvalue weighted by Gasteiger charge is -2.22. The minimum Gasteiger partial charge on any atom is -0.381 e. The lowest BCUT2D eigenvalue weighted by molar-refractivity contribution is 0.0547. The Kier molecular flexibility index (Phi) is 3.80. The van der Waals surface area contributed by atoms with Gasteiger partial charge in [-0.3, -0.25) is 0 Å². The molecular weight excluding hydrogens is 238 g/mol. The van der Waals surface area contributed by atoms with E-state index in [1.807, 2.05) is 6.07 Å². The van der Waals surface area contributed by atoms with Crippen LogP contribution in [0.5, 0.6) is 0 Å². The number of hydrogen-bond donors (Lipinski definition) is 1. The maximum Gasteiger partial charge on any atom is 0.123 e. The van der Waals surface area contributed by atoms with Crippen molar-refractivity contribution < 1.29 is 4.74 Å². The van der Waals surface area contributed by atoms with Crippen LogP contribution in [0.4, 0.5) is 0 Å². The first-order chi connectivity index (χ1) is 9.34. The lowest BCUT2D eigenvalue weighted by Crippen LogP contribution is -2.29. The Morgan fingerprint density at radius 2 is 2.32 bits per heavy atom. The van der Waals surface area contributed by atoms with Gasteiger partial charge in [0.1, 0.15) is 5.82 Å². The van der Waals surface area contributed by atoms with E-state index in [9.17, 15) is 0 Å². The Hall–Kier alpha value is -1.39. The molecule has 3 rings (SSSR count). The molecule has 0 amide bonds. The van der Waals surface area contributed by atoms with E-state index in [1.165, 1.54) is 18.4 Å². The molecule has 0 radical (unpaired) electrons. The number of para-hydroxylation sites is 2. The third kappa shape index (κ3) is 2.80. The van der Waals surface area contributed by atoms with Gasteiger partial charge in [-0.25, -0.2) is 4.98 Å². The molecule has 1 N–H and O–H groups in total. The molecule has 2 heterocycles. The Balaban J connectivity index is 1.60. The van der Waals surface area contributed by atoms with E-state index in [4.69, 9.17) is 4.74 Å². The summed E-state index contributed by atoms with van der Waals surface area (Å²) in [4.78, 5) is 4.66. The maximum atomic E-state index is 5.50. The standard InChI is InChI=1S/C15H21N3O/c1-18-14-7-3-2-6-13(14)17-15(18)10-16-9-12-5-4-8-19-11-12/h2-3,6-7,12,16H,4-5,8-11H2,1H3/t12-/m0/s1. The fourth-order valence-corrected chi connectivity index (χ4v) is 2.71. The number of ether oxygens (including phenoxy) is 1. The van der Waals surface area contributed by atoms with Crippen LogP contribution in [-0.4, -0.2) is 29.3 Å². The zero-order chi connectivity index (χ0) is 13.1. The van der Waals surface area contributed by atoms with Gasteiger partial charge < -0.3 is 14.6 Å². The fourth-order valence-electron chi connectivity index (χ4n) is 2.71. The first kappa shape index (κ1) is 12.6. The molecule has 1 saturated heterocycles. The van der Waals surface area contributed by atoms with Crippen LogP contribution in [0, 0.1) is 5.92 Å². The molecule has 1 aliphatic rings. The number of nitrogens with one attached hydrogen (secondary N) is 1. The van der Waals surface area contributed by atoms with Crippen LogP contribution in [0.2, 0.25) is 0 Å². The topological polar surface area (TPSA) is 39.1 Å². The van der Waals surface area contributed by atoms with Gasteiger partial charge >= 0.3 is 0 Å². The summed E-state index contributed by atoms with van der Waals surface area (Å²) in [6, 6.07) is 8.26. The van der Waals surface area contributed by atoms with Crippen LogP contribution in [0.25, 0.3) is 11.0 Å². The number of aryl methyl sites for hydroxylation is 1. The van der Waals surface area contributed by atoms with Crippen LogP contribution in [0.3, 0.4) is 0 Å².